The van der Waals surface area contributed by atoms with E-state index < -0.39 is 0 Å². The molecule has 0 radical (unpaired) electrons. The van der Waals surface area contributed by atoms with Crippen LogP contribution in [0.5, 0.6) is 0 Å². The molecule has 0 aliphatic heterocycles. The molecule has 0 amide bonds. The Labute approximate surface area is 93.0 Å². The Morgan fingerprint density at radius 3 is 2.69 bits per heavy atom. The van der Waals surface area contributed by atoms with E-state index in [-0.39, 0.29) is 5.38 Å². The lowest BCUT2D eigenvalue weighted by Gasteiger charge is -2.06. The summed E-state index contributed by atoms with van der Waals surface area (Å²) in [6.07, 6.45) is 3.18. The molecule has 1 rings (SSSR count). The molecular weight excluding hydrogens is 228 g/mol. The van der Waals surface area contributed by atoms with Gasteiger partial charge in [0.2, 0.25) is 0 Å². The summed E-state index contributed by atoms with van der Waals surface area (Å²) in [5.74, 6) is 0. The molecule has 1 heterocycles. The van der Waals surface area contributed by atoms with Crippen molar-refractivity contribution in [2.24, 2.45) is 0 Å². The summed E-state index contributed by atoms with van der Waals surface area (Å²) in [5, 5.41) is 1.23. The first-order chi connectivity index (χ1) is 6.13. The number of halogens is 3. The lowest BCUT2D eigenvalue weighted by molar-refractivity contribution is 0.787. The van der Waals surface area contributed by atoms with Gasteiger partial charge in [0.25, 0.3) is 0 Å². The van der Waals surface area contributed by atoms with Crippen molar-refractivity contribution in [2.75, 3.05) is 0 Å². The zero-order valence-corrected chi connectivity index (χ0v) is 9.50. The van der Waals surface area contributed by atoms with Crippen LogP contribution in [0.3, 0.4) is 0 Å². The molecule has 13 heavy (non-hydrogen) atoms. The fraction of sp³-hybridized carbons (Fsp3) is 0.444. The second kappa shape index (κ2) is 5.04. The van der Waals surface area contributed by atoms with E-state index in [9.17, 15) is 0 Å². The minimum absolute atomic E-state index is 0.0891. The van der Waals surface area contributed by atoms with Gasteiger partial charge < -0.3 is 0 Å². The Morgan fingerprint density at radius 1 is 1.46 bits per heavy atom. The molecule has 1 aromatic heterocycles. The van der Waals surface area contributed by atoms with E-state index in [1.165, 1.54) is 0 Å². The monoisotopic (exact) mass is 237 g/mol. The van der Waals surface area contributed by atoms with E-state index in [0.29, 0.717) is 16.5 Å². The quantitative estimate of drug-likeness (QED) is 0.727. The Balaban J connectivity index is 2.77. The maximum absolute atomic E-state index is 5.98. The van der Waals surface area contributed by atoms with Crippen molar-refractivity contribution in [1.29, 1.82) is 0 Å². The lowest BCUT2D eigenvalue weighted by Crippen LogP contribution is -2.03. The van der Waals surface area contributed by atoms with Crippen molar-refractivity contribution in [2.45, 2.75) is 25.1 Å². The Hall–Kier alpha value is 0.0200. The highest BCUT2D eigenvalue weighted by Crippen LogP contribution is 2.21. The van der Waals surface area contributed by atoms with E-state index >= 15 is 0 Å². The number of aromatic nitrogens is 1. The molecule has 72 valence electrons. The van der Waals surface area contributed by atoms with Crippen LogP contribution in [0, 0.1) is 0 Å². The van der Waals surface area contributed by atoms with Crippen LogP contribution in [0.4, 0.5) is 0 Å². The number of rotatable bonds is 3. The Kier molecular flexibility index (Phi) is 4.30. The van der Waals surface area contributed by atoms with Crippen LogP contribution in [0.2, 0.25) is 10.0 Å². The summed E-state index contributed by atoms with van der Waals surface area (Å²) < 4.78 is 0. The van der Waals surface area contributed by atoms with Crippen LogP contribution in [0.15, 0.2) is 12.3 Å². The number of pyridine rings is 1. The van der Waals surface area contributed by atoms with E-state index in [0.717, 1.165) is 12.1 Å². The third-order valence-corrected chi connectivity index (χ3v) is 2.74. The molecule has 0 bridgehead atoms. The molecule has 0 aromatic carbocycles. The van der Waals surface area contributed by atoms with Gasteiger partial charge in [0.05, 0.1) is 15.7 Å². The minimum Gasteiger partial charge on any atom is -0.258 e. The molecule has 1 unspecified atom stereocenters. The van der Waals surface area contributed by atoms with Gasteiger partial charge in [0.15, 0.2) is 0 Å². The maximum Gasteiger partial charge on any atom is 0.0636 e. The zero-order valence-electron chi connectivity index (χ0n) is 7.23. The van der Waals surface area contributed by atoms with Crippen LogP contribution in [0.25, 0.3) is 0 Å². The number of alkyl halides is 1. The SMILES string of the molecule is CCC(Cl)Cc1ncc(Cl)cc1Cl. The minimum atomic E-state index is 0.0891. The summed E-state index contributed by atoms with van der Waals surface area (Å²) in [7, 11) is 0. The number of hydrogen-bond donors (Lipinski definition) is 0. The molecule has 0 fully saturated rings. The maximum atomic E-state index is 5.98. The van der Waals surface area contributed by atoms with Gasteiger partial charge in [-0.05, 0) is 12.5 Å². The predicted molar refractivity (Wildman–Crippen MR) is 57.9 cm³/mol. The molecule has 0 aliphatic rings. The van der Waals surface area contributed by atoms with Gasteiger partial charge in [-0.15, -0.1) is 11.6 Å². The molecule has 1 aromatic rings. The van der Waals surface area contributed by atoms with Crippen LogP contribution in [-0.4, -0.2) is 10.4 Å². The fourth-order valence-corrected chi connectivity index (χ4v) is 1.55. The average molecular weight is 239 g/mol. The molecular formula is C9H10Cl3N. The highest BCUT2D eigenvalue weighted by atomic mass is 35.5. The second-order valence-corrected chi connectivity index (χ2v) is 4.25. The normalized spacial score (nSPS) is 12.9. The summed E-state index contributed by atoms with van der Waals surface area (Å²) in [6, 6.07) is 1.69. The van der Waals surface area contributed by atoms with E-state index in [1.54, 1.807) is 12.3 Å². The van der Waals surface area contributed by atoms with Crippen LogP contribution in [0.1, 0.15) is 19.0 Å². The number of nitrogens with zero attached hydrogens (tertiary/aromatic N) is 1. The van der Waals surface area contributed by atoms with E-state index in [1.807, 2.05) is 6.92 Å². The van der Waals surface area contributed by atoms with Crippen molar-refractivity contribution >= 4 is 34.8 Å². The number of hydrogen-bond acceptors (Lipinski definition) is 1. The lowest BCUT2D eigenvalue weighted by atomic mass is 10.2. The molecule has 0 aliphatic carbocycles. The summed E-state index contributed by atoms with van der Waals surface area (Å²) in [6.45, 7) is 2.03. The van der Waals surface area contributed by atoms with Crippen LogP contribution in [-0.2, 0) is 6.42 Å². The van der Waals surface area contributed by atoms with E-state index in [4.69, 9.17) is 34.8 Å². The van der Waals surface area contributed by atoms with Crippen LogP contribution < -0.4 is 0 Å². The first-order valence-corrected chi connectivity index (χ1v) is 5.26. The standard InChI is InChI=1S/C9H10Cl3N/c1-2-6(10)4-9-8(12)3-7(11)5-13-9/h3,5-6H,2,4H2,1H3. The zero-order chi connectivity index (χ0) is 9.84. The molecule has 0 N–H and O–H groups in total. The summed E-state index contributed by atoms with van der Waals surface area (Å²) in [5.41, 5.74) is 0.813. The molecule has 1 atom stereocenters. The predicted octanol–water partition coefficient (Wildman–Crippen LogP) is 3.95. The molecule has 1 nitrogen and oxygen atoms in total. The van der Waals surface area contributed by atoms with Crippen LogP contribution >= 0.6 is 34.8 Å². The summed E-state index contributed by atoms with van der Waals surface area (Å²) >= 11 is 17.6. The Morgan fingerprint density at radius 2 is 2.15 bits per heavy atom. The van der Waals surface area contributed by atoms with Crippen molar-refractivity contribution in [1.82, 2.24) is 4.98 Å². The van der Waals surface area contributed by atoms with Gasteiger partial charge in [0, 0.05) is 18.0 Å². The molecule has 0 saturated carbocycles. The largest absolute Gasteiger partial charge is 0.258 e. The van der Waals surface area contributed by atoms with Gasteiger partial charge in [-0.3, -0.25) is 4.98 Å². The summed E-state index contributed by atoms with van der Waals surface area (Å²) in [4.78, 5) is 4.12. The molecule has 0 saturated heterocycles. The van der Waals surface area contributed by atoms with Gasteiger partial charge >= 0.3 is 0 Å². The van der Waals surface area contributed by atoms with Gasteiger partial charge in [-0.2, -0.15) is 0 Å². The third kappa shape index (κ3) is 3.34. The van der Waals surface area contributed by atoms with Gasteiger partial charge in [0.1, 0.15) is 0 Å². The van der Waals surface area contributed by atoms with Crippen molar-refractivity contribution in [3.63, 3.8) is 0 Å². The first-order valence-electron chi connectivity index (χ1n) is 4.07. The second-order valence-electron chi connectivity index (χ2n) is 2.79. The van der Waals surface area contributed by atoms with Crippen molar-refractivity contribution in [3.05, 3.63) is 28.0 Å². The third-order valence-electron chi connectivity index (χ3n) is 1.74. The topological polar surface area (TPSA) is 12.9 Å². The average Bonchev–Trinajstić information content (AvgIpc) is 2.09. The molecule has 4 heteroatoms. The van der Waals surface area contributed by atoms with Crippen molar-refractivity contribution in [3.8, 4) is 0 Å². The van der Waals surface area contributed by atoms with Gasteiger partial charge in [-0.1, -0.05) is 30.1 Å². The van der Waals surface area contributed by atoms with Crippen molar-refractivity contribution < 1.29 is 0 Å². The van der Waals surface area contributed by atoms with Gasteiger partial charge in [-0.25, -0.2) is 0 Å². The molecule has 0 spiro atoms. The highest BCUT2D eigenvalue weighted by Gasteiger charge is 2.08. The smallest absolute Gasteiger partial charge is 0.0636 e. The first kappa shape index (κ1) is 11.1. The Bertz CT molecular complexity index is 288. The highest BCUT2D eigenvalue weighted by molar-refractivity contribution is 6.34. The fourth-order valence-electron chi connectivity index (χ4n) is 0.947. The van der Waals surface area contributed by atoms with E-state index in [2.05, 4.69) is 4.98 Å².